The summed E-state index contributed by atoms with van der Waals surface area (Å²) in [5, 5.41) is 17.2. The molecule has 0 saturated carbocycles. The van der Waals surface area contributed by atoms with E-state index in [4.69, 9.17) is 0 Å². The van der Waals surface area contributed by atoms with E-state index in [1.54, 1.807) is 6.92 Å². The fourth-order valence-electron chi connectivity index (χ4n) is 1.80. The van der Waals surface area contributed by atoms with E-state index in [1.165, 1.54) is 13.3 Å². The summed E-state index contributed by atoms with van der Waals surface area (Å²) in [6.45, 7) is 3.11. The molecule has 1 aromatic heterocycles. The Kier molecular flexibility index (Phi) is 3.13. The zero-order valence-electron chi connectivity index (χ0n) is 10.2. The van der Waals surface area contributed by atoms with E-state index in [-0.39, 0.29) is 16.8 Å². The van der Waals surface area contributed by atoms with Crippen molar-refractivity contribution in [2.75, 3.05) is 0 Å². The Bertz CT molecular complexity index is 603. The number of hydrogen-bond acceptors (Lipinski definition) is 4. The second-order valence-corrected chi connectivity index (χ2v) is 4.08. The minimum Gasteiger partial charge on any atom is -0.507 e. The van der Waals surface area contributed by atoms with E-state index >= 15 is 0 Å². The van der Waals surface area contributed by atoms with Crippen LogP contribution in [0.4, 0.5) is 13.2 Å². The Morgan fingerprint density at radius 1 is 1.16 bits per heavy atom. The molecule has 1 aromatic carbocycles. The Labute approximate surface area is 107 Å². The maximum absolute atomic E-state index is 12.6. The summed E-state index contributed by atoms with van der Waals surface area (Å²) in [4.78, 5) is 3.90. The van der Waals surface area contributed by atoms with Crippen LogP contribution in [0, 0.1) is 13.8 Å². The van der Waals surface area contributed by atoms with Gasteiger partial charge < -0.3 is 5.11 Å². The number of halogens is 3. The van der Waals surface area contributed by atoms with Crippen molar-refractivity contribution in [3.05, 3.63) is 35.3 Å². The highest BCUT2D eigenvalue weighted by Crippen LogP contribution is 2.38. The van der Waals surface area contributed by atoms with Crippen molar-refractivity contribution in [2.45, 2.75) is 20.0 Å². The Hall–Kier alpha value is -2.18. The van der Waals surface area contributed by atoms with Gasteiger partial charge in [0.15, 0.2) is 0 Å². The number of benzene rings is 1. The topological polar surface area (TPSA) is 58.9 Å². The first kappa shape index (κ1) is 13.3. The minimum absolute atomic E-state index is 0.214. The summed E-state index contributed by atoms with van der Waals surface area (Å²) < 4.78 is 37.8. The highest BCUT2D eigenvalue weighted by atomic mass is 19.4. The molecule has 2 rings (SSSR count). The van der Waals surface area contributed by atoms with Gasteiger partial charge >= 0.3 is 6.18 Å². The van der Waals surface area contributed by atoms with E-state index in [1.807, 2.05) is 0 Å². The number of aryl methyl sites for hydroxylation is 2. The molecule has 0 bridgehead atoms. The molecule has 7 heteroatoms. The fourth-order valence-corrected chi connectivity index (χ4v) is 1.80. The molecule has 0 spiro atoms. The summed E-state index contributed by atoms with van der Waals surface area (Å²) in [5.41, 5.74) is 0.323. The van der Waals surface area contributed by atoms with E-state index in [0.29, 0.717) is 11.8 Å². The van der Waals surface area contributed by atoms with Gasteiger partial charge in [0.25, 0.3) is 0 Å². The average molecular weight is 269 g/mol. The smallest absolute Gasteiger partial charge is 0.416 e. The van der Waals surface area contributed by atoms with Gasteiger partial charge in [0.2, 0.25) is 0 Å². The van der Waals surface area contributed by atoms with Crippen molar-refractivity contribution in [1.29, 1.82) is 0 Å². The molecule has 2 aromatic rings. The normalized spacial score (nSPS) is 11.6. The number of aromatic hydroxyl groups is 1. The molecule has 0 fully saturated rings. The quantitative estimate of drug-likeness (QED) is 0.864. The third-order valence-corrected chi connectivity index (χ3v) is 2.68. The van der Waals surface area contributed by atoms with E-state index in [9.17, 15) is 18.3 Å². The van der Waals surface area contributed by atoms with Gasteiger partial charge in [0.1, 0.15) is 17.8 Å². The van der Waals surface area contributed by atoms with Crippen LogP contribution in [0.3, 0.4) is 0 Å². The van der Waals surface area contributed by atoms with Crippen LogP contribution in [0.2, 0.25) is 0 Å². The van der Waals surface area contributed by atoms with Gasteiger partial charge in [0, 0.05) is 5.56 Å². The second-order valence-electron chi connectivity index (χ2n) is 4.08. The minimum atomic E-state index is -4.50. The van der Waals surface area contributed by atoms with Crippen molar-refractivity contribution in [3.8, 4) is 17.0 Å². The first-order chi connectivity index (χ1) is 8.80. The lowest BCUT2D eigenvalue weighted by Gasteiger charge is -2.13. The lowest BCUT2D eigenvalue weighted by atomic mass is 10.00. The van der Waals surface area contributed by atoms with Crippen molar-refractivity contribution in [1.82, 2.24) is 15.2 Å². The summed E-state index contributed by atoms with van der Waals surface area (Å²) in [7, 11) is 0. The largest absolute Gasteiger partial charge is 0.507 e. The van der Waals surface area contributed by atoms with Crippen LogP contribution in [0.5, 0.6) is 5.75 Å². The van der Waals surface area contributed by atoms with E-state index in [0.717, 1.165) is 6.07 Å². The van der Waals surface area contributed by atoms with Gasteiger partial charge in [-0.05, 0) is 31.5 Å². The molecule has 0 aliphatic rings. The van der Waals surface area contributed by atoms with Crippen LogP contribution >= 0.6 is 0 Å². The van der Waals surface area contributed by atoms with Gasteiger partial charge in [-0.1, -0.05) is 0 Å². The molecule has 0 unspecified atom stereocenters. The van der Waals surface area contributed by atoms with Crippen molar-refractivity contribution in [3.63, 3.8) is 0 Å². The van der Waals surface area contributed by atoms with Crippen molar-refractivity contribution in [2.24, 2.45) is 0 Å². The third-order valence-electron chi connectivity index (χ3n) is 2.68. The summed E-state index contributed by atoms with van der Waals surface area (Å²) >= 11 is 0. The van der Waals surface area contributed by atoms with Crippen LogP contribution in [-0.2, 0) is 6.18 Å². The monoisotopic (exact) mass is 269 g/mol. The number of aromatic nitrogens is 3. The number of nitrogens with zero attached hydrogens (tertiary/aromatic N) is 3. The van der Waals surface area contributed by atoms with Gasteiger partial charge in [-0.15, -0.1) is 10.2 Å². The van der Waals surface area contributed by atoms with E-state index < -0.39 is 17.5 Å². The predicted octanol–water partition coefficient (Wildman–Crippen LogP) is 2.88. The number of phenols is 1. The third kappa shape index (κ3) is 2.49. The second kappa shape index (κ2) is 4.49. The molecular formula is C12H10F3N3O. The molecule has 0 aliphatic heterocycles. The molecule has 1 N–H and O–H groups in total. The van der Waals surface area contributed by atoms with Gasteiger partial charge in [0.05, 0.1) is 11.3 Å². The zero-order chi connectivity index (χ0) is 14.2. The fraction of sp³-hybridized carbons (Fsp3) is 0.250. The number of rotatable bonds is 1. The summed E-state index contributed by atoms with van der Waals surface area (Å²) in [6, 6.07) is 1.64. The van der Waals surface area contributed by atoms with Crippen LogP contribution < -0.4 is 0 Å². The molecule has 0 radical (unpaired) electrons. The van der Waals surface area contributed by atoms with Crippen molar-refractivity contribution < 1.29 is 18.3 Å². The number of phenolic OH excluding ortho intramolecular Hbond substituents is 1. The van der Waals surface area contributed by atoms with Crippen LogP contribution in [-0.4, -0.2) is 20.3 Å². The van der Waals surface area contributed by atoms with Gasteiger partial charge in [-0.25, -0.2) is 4.98 Å². The maximum Gasteiger partial charge on any atom is 0.416 e. The maximum atomic E-state index is 12.6. The SMILES string of the molecule is Cc1cc(C(F)(F)F)cc(O)c1-c1nncnc1C. The Morgan fingerprint density at radius 2 is 1.84 bits per heavy atom. The molecule has 100 valence electrons. The van der Waals surface area contributed by atoms with Gasteiger partial charge in [-0.3, -0.25) is 0 Å². The molecule has 0 amide bonds. The molecule has 0 atom stereocenters. The molecule has 0 aliphatic carbocycles. The highest BCUT2D eigenvalue weighted by Gasteiger charge is 2.32. The average Bonchev–Trinajstić information content (AvgIpc) is 2.29. The van der Waals surface area contributed by atoms with Crippen LogP contribution in [0.25, 0.3) is 11.3 Å². The lowest BCUT2D eigenvalue weighted by Crippen LogP contribution is -2.06. The predicted molar refractivity (Wildman–Crippen MR) is 61.4 cm³/mol. The summed E-state index contributed by atoms with van der Waals surface area (Å²) in [5.74, 6) is -0.488. The van der Waals surface area contributed by atoms with Crippen molar-refractivity contribution >= 4 is 0 Å². The van der Waals surface area contributed by atoms with Crippen LogP contribution in [0.15, 0.2) is 18.5 Å². The Balaban J connectivity index is 2.65. The standard InChI is InChI=1S/C12H10F3N3O/c1-6-3-8(12(13,14)15)4-9(19)10(6)11-7(2)16-5-17-18-11/h3-5,19H,1-2H3. The zero-order valence-corrected chi connectivity index (χ0v) is 10.2. The molecule has 0 saturated heterocycles. The van der Waals surface area contributed by atoms with Gasteiger partial charge in [-0.2, -0.15) is 13.2 Å². The van der Waals surface area contributed by atoms with E-state index in [2.05, 4.69) is 15.2 Å². The molecule has 1 heterocycles. The lowest BCUT2D eigenvalue weighted by molar-refractivity contribution is -0.137. The molecule has 4 nitrogen and oxygen atoms in total. The first-order valence-corrected chi connectivity index (χ1v) is 5.36. The number of hydrogen-bond donors (Lipinski definition) is 1. The first-order valence-electron chi connectivity index (χ1n) is 5.36. The summed E-state index contributed by atoms with van der Waals surface area (Å²) in [6.07, 6.45) is -3.27. The molecular weight excluding hydrogens is 259 g/mol. The molecule has 19 heavy (non-hydrogen) atoms. The highest BCUT2D eigenvalue weighted by molar-refractivity contribution is 5.72. The Morgan fingerprint density at radius 3 is 2.37 bits per heavy atom. The van der Waals surface area contributed by atoms with Crippen LogP contribution in [0.1, 0.15) is 16.8 Å². The number of alkyl halides is 3.